The molecule has 1 unspecified atom stereocenters. The molecule has 2 heterocycles. The average molecular weight is 287 g/mol. The molecule has 1 atom stereocenters. The van der Waals surface area contributed by atoms with E-state index in [-0.39, 0.29) is 11.9 Å². The van der Waals surface area contributed by atoms with Gasteiger partial charge in [0.2, 0.25) is 5.91 Å². The molecule has 0 aliphatic heterocycles. The van der Waals surface area contributed by atoms with E-state index in [1.54, 1.807) is 12.5 Å². The molecule has 0 radical (unpaired) electrons. The van der Waals surface area contributed by atoms with Gasteiger partial charge in [-0.3, -0.25) is 9.48 Å². The van der Waals surface area contributed by atoms with Crippen LogP contribution in [0.3, 0.4) is 0 Å². The van der Waals surface area contributed by atoms with Crippen molar-refractivity contribution in [3.63, 3.8) is 0 Å². The number of carbonyl (C=O) groups is 1. The summed E-state index contributed by atoms with van der Waals surface area (Å²) in [5.41, 5.74) is 0. The summed E-state index contributed by atoms with van der Waals surface area (Å²) < 4.78 is 7.29. The molecule has 0 spiro atoms. The van der Waals surface area contributed by atoms with Crippen LogP contribution < -0.4 is 5.32 Å². The van der Waals surface area contributed by atoms with Gasteiger partial charge in [-0.1, -0.05) is 12.8 Å². The quantitative estimate of drug-likeness (QED) is 0.888. The third kappa shape index (κ3) is 3.54. The van der Waals surface area contributed by atoms with E-state index in [0.29, 0.717) is 18.9 Å². The van der Waals surface area contributed by atoms with E-state index < -0.39 is 0 Å². The summed E-state index contributed by atoms with van der Waals surface area (Å²) in [6, 6.07) is 5.54. The minimum atomic E-state index is -0.0949. The Morgan fingerprint density at radius 2 is 2.29 bits per heavy atom. The largest absolute Gasteiger partial charge is 0.467 e. The number of nitrogens with one attached hydrogen (secondary N) is 1. The zero-order chi connectivity index (χ0) is 14.5. The molecule has 1 aliphatic rings. The van der Waals surface area contributed by atoms with E-state index in [2.05, 4.69) is 10.4 Å². The standard InChI is InChI=1S/C16H21N3O2/c20-16(11-13-5-1-2-6-13)17-12-14(15-7-3-10-21-15)19-9-4-8-18-19/h3-4,7-10,13-14H,1-2,5-6,11-12H2,(H,17,20). The van der Waals surface area contributed by atoms with Crippen LogP contribution in [0, 0.1) is 5.92 Å². The van der Waals surface area contributed by atoms with Crippen molar-refractivity contribution in [1.82, 2.24) is 15.1 Å². The van der Waals surface area contributed by atoms with Gasteiger partial charge in [0.15, 0.2) is 0 Å². The Morgan fingerprint density at radius 1 is 1.43 bits per heavy atom. The fourth-order valence-electron chi connectivity index (χ4n) is 3.03. The molecule has 0 aromatic carbocycles. The molecule has 2 aromatic heterocycles. The molecule has 3 rings (SSSR count). The molecule has 21 heavy (non-hydrogen) atoms. The number of hydrogen-bond acceptors (Lipinski definition) is 3. The molecule has 5 heteroatoms. The minimum Gasteiger partial charge on any atom is -0.467 e. The first-order chi connectivity index (χ1) is 10.3. The van der Waals surface area contributed by atoms with Crippen LogP contribution >= 0.6 is 0 Å². The van der Waals surface area contributed by atoms with Crippen LogP contribution in [0.2, 0.25) is 0 Å². The van der Waals surface area contributed by atoms with E-state index in [9.17, 15) is 4.79 Å². The van der Waals surface area contributed by atoms with E-state index in [1.807, 2.05) is 29.1 Å². The van der Waals surface area contributed by atoms with Crippen molar-refractivity contribution in [1.29, 1.82) is 0 Å². The number of furan rings is 1. The van der Waals surface area contributed by atoms with Crippen LogP contribution in [-0.2, 0) is 4.79 Å². The number of carbonyl (C=O) groups excluding carboxylic acids is 1. The minimum absolute atomic E-state index is 0.0949. The van der Waals surface area contributed by atoms with Crippen molar-refractivity contribution < 1.29 is 9.21 Å². The second-order valence-electron chi connectivity index (χ2n) is 5.68. The highest BCUT2D eigenvalue weighted by Crippen LogP contribution is 2.27. The zero-order valence-corrected chi connectivity index (χ0v) is 12.1. The summed E-state index contributed by atoms with van der Waals surface area (Å²) >= 11 is 0. The van der Waals surface area contributed by atoms with E-state index in [0.717, 1.165) is 5.76 Å². The Balaban J connectivity index is 1.58. The van der Waals surface area contributed by atoms with Gasteiger partial charge in [-0.2, -0.15) is 5.10 Å². The Bertz CT molecular complexity index is 508. The molecular formula is C16H21N3O2. The van der Waals surface area contributed by atoms with Crippen molar-refractivity contribution in [2.45, 2.75) is 38.1 Å². The van der Waals surface area contributed by atoms with Crippen molar-refractivity contribution >= 4 is 5.91 Å². The molecule has 5 nitrogen and oxygen atoms in total. The summed E-state index contributed by atoms with van der Waals surface area (Å²) in [7, 11) is 0. The molecule has 1 amide bonds. The van der Waals surface area contributed by atoms with E-state index in [4.69, 9.17) is 4.42 Å². The fourth-order valence-corrected chi connectivity index (χ4v) is 3.03. The fraction of sp³-hybridized carbons (Fsp3) is 0.500. The lowest BCUT2D eigenvalue weighted by Crippen LogP contribution is -2.32. The smallest absolute Gasteiger partial charge is 0.220 e. The van der Waals surface area contributed by atoms with Gasteiger partial charge >= 0.3 is 0 Å². The topological polar surface area (TPSA) is 60.1 Å². The van der Waals surface area contributed by atoms with Crippen LogP contribution in [0.25, 0.3) is 0 Å². The Morgan fingerprint density at radius 3 is 2.95 bits per heavy atom. The third-order valence-corrected chi connectivity index (χ3v) is 4.16. The molecule has 1 aliphatic carbocycles. The Labute approximate surface area is 124 Å². The number of rotatable bonds is 6. The van der Waals surface area contributed by atoms with Gasteiger partial charge in [0, 0.05) is 25.4 Å². The molecule has 2 aromatic rings. The second-order valence-corrected chi connectivity index (χ2v) is 5.68. The highest BCUT2D eigenvalue weighted by Gasteiger charge is 2.21. The lowest BCUT2D eigenvalue weighted by atomic mass is 10.0. The van der Waals surface area contributed by atoms with Crippen molar-refractivity contribution in [3.05, 3.63) is 42.6 Å². The first-order valence-electron chi connectivity index (χ1n) is 7.62. The highest BCUT2D eigenvalue weighted by atomic mass is 16.3. The normalized spacial score (nSPS) is 17.0. The van der Waals surface area contributed by atoms with Gasteiger partial charge in [-0.25, -0.2) is 0 Å². The van der Waals surface area contributed by atoms with Crippen molar-refractivity contribution in [2.75, 3.05) is 6.54 Å². The SMILES string of the molecule is O=C(CC1CCCC1)NCC(c1ccco1)n1cccn1. The highest BCUT2D eigenvalue weighted by molar-refractivity contribution is 5.76. The van der Waals surface area contributed by atoms with Gasteiger partial charge in [-0.15, -0.1) is 0 Å². The molecule has 1 fully saturated rings. The molecule has 112 valence electrons. The Hall–Kier alpha value is -2.04. The van der Waals surface area contributed by atoms with Gasteiger partial charge in [0.05, 0.1) is 6.26 Å². The third-order valence-electron chi connectivity index (χ3n) is 4.16. The van der Waals surface area contributed by atoms with Crippen LogP contribution in [0.5, 0.6) is 0 Å². The average Bonchev–Trinajstić information content (AvgIpc) is 3.23. The summed E-state index contributed by atoms with van der Waals surface area (Å²) in [6.07, 6.45) is 10.8. The van der Waals surface area contributed by atoms with Crippen molar-refractivity contribution in [2.24, 2.45) is 5.92 Å². The maximum Gasteiger partial charge on any atom is 0.220 e. The van der Waals surface area contributed by atoms with Crippen LogP contribution in [0.1, 0.15) is 43.9 Å². The first kappa shape index (κ1) is 13.9. The van der Waals surface area contributed by atoms with Gasteiger partial charge in [-0.05, 0) is 37.0 Å². The number of amides is 1. The molecule has 1 N–H and O–H groups in total. The first-order valence-corrected chi connectivity index (χ1v) is 7.62. The predicted molar refractivity (Wildman–Crippen MR) is 78.7 cm³/mol. The van der Waals surface area contributed by atoms with Gasteiger partial charge in [0.25, 0.3) is 0 Å². The summed E-state index contributed by atoms with van der Waals surface area (Å²) in [6.45, 7) is 0.501. The maximum absolute atomic E-state index is 12.1. The molecular weight excluding hydrogens is 266 g/mol. The molecule has 0 saturated heterocycles. The van der Waals surface area contributed by atoms with Gasteiger partial charge in [0.1, 0.15) is 11.8 Å². The summed E-state index contributed by atoms with van der Waals surface area (Å²) in [4.78, 5) is 12.1. The number of hydrogen-bond donors (Lipinski definition) is 1. The van der Waals surface area contributed by atoms with Gasteiger partial charge < -0.3 is 9.73 Å². The molecule has 1 saturated carbocycles. The molecule has 0 bridgehead atoms. The number of nitrogens with zero attached hydrogens (tertiary/aromatic N) is 2. The Kier molecular flexibility index (Phi) is 4.38. The van der Waals surface area contributed by atoms with Crippen LogP contribution in [0.4, 0.5) is 0 Å². The van der Waals surface area contributed by atoms with Crippen molar-refractivity contribution in [3.8, 4) is 0 Å². The summed E-state index contributed by atoms with van der Waals surface area (Å²) in [5.74, 6) is 1.50. The van der Waals surface area contributed by atoms with E-state index >= 15 is 0 Å². The van der Waals surface area contributed by atoms with E-state index in [1.165, 1.54) is 25.7 Å². The van der Waals surface area contributed by atoms with Crippen LogP contribution in [0.15, 0.2) is 41.3 Å². The number of aromatic nitrogens is 2. The second kappa shape index (κ2) is 6.61. The lowest BCUT2D eigenvalue weighted by Gasteiger charge is -2.17. The van der Waals surface area contributed by atoms with Crippen LogP contribution in [-0.4, -0.2) is 22.2 Å². The zero-order valence-electron chi connectivity index (χ0n) is 12.1. The predicted octanol–water partition coefficient (Wildman–Crippen LogP) is 2.76. The maximum atomic E-state index is 12.1. The summed E-state index contributed by atoms with van der Waals surface area (Å²) in [5, 5.41) is 7.29. The lowest BCUT2D eigenvalue weighted by molar-refractivity contribution is -0.122. The monoisotopic (exact) mass is 287 g/mol.